The van der Waals surface area contributed by atoms with Crippen molar-refractivity contribution in [2.24, 2.45) is 0 Å². The van der Waals surface area contributed by atoms with Crippen LogP contribution in [0.25, 0.3) is 0 Å². The Kier molecular flexibility index (Phi) is 24.9. The zero-order valence-electron chi connectivity index (χ0n) is 45.9. The van der Waals surface area contributed by atoms with Crippen LogP contribution in [0, 0.1) is 0 Å². The molecular weight excluding hydrogens is 1160 g/mol. The molecule has 6 rings (SSSR count). The van der Waals surface area contributed by atoms with Crippen molar-refractivity contribution in [1.82, 2.24) is 21.3 Å². The zero-order chi connectivity index (χ0) is 63.3. The van der Waals surface area contributed by atoms with Gasteiger partial charge in [-0.25, -0.2) is 4.79 Å². The highest BCUT2D eigenvalue weighted by molar-refractivity contribution is 5.77. The molecule has 0 saturated carbocycles. The normalized spacial score (nSPS) is 45.0. The van der Waals surface area contributed by atoms with Gasteiger partial charge in [0.1, 0.15) is 140 Å². The minimum Gasteiger partial charge on any atom is -0.477 e. The van der Waals surface area contributed by atoms with E-state index in [1.807, 2.05) is 0 Å². The maximum atomic E-state index is 13.6. The highest BCUT2D eigenvalue weighted by Gasteiger charge is 2.62. The summed E-state index contributed by atoms with van der Waals surface area (Å²) in [6.45, 7) is -2.75. The summed E-state index contributed by atoms with van der Waals surface area (Å²) in [5, 5.41) is 206. The summed E-state index contributed by atoms with van der Waals surface area (Å²) in [6.07, 6.45) is -55.3. The van der Waals surface area contributed by atoms with Crippen LogP contribution >= 0.6 is 0 Å². The van der Waals surface area contributed by atoms with Gasteiger partial charge in [-0.2, -0.15) is 0 Å². The third-order valence-electron chi connectivity index (χ3n) is 15.0. The molecule has 6 aliphatic heterocycles. The van der Waals surface area contributed by atoms with Gasteiger partial charge in [0, 0.05) is 34.1 Å². The number of aliphatic carboxylic acids is 1. The average Bonchev–Trinajstić information content (AvgIpc) is 1.19. The molecule has 6 heterocycles. The third kappa shape index (κ3) is 15.6. The van der Waals surface area contributed by atoms with Gasteiger partial charge in [0.15, 0.2) is 31.5 Å². The molecule has 0 aromatic carbocycles. The zero-order valence-corrected chi connectivity index (χ0v) is 45.9. The molecule has 6 fully saturated rings. The molecular formula is C47H78N4O34. The molecule has 0 spiro atoms. The van der Waals surface area contributed by atoms with Gasteiger partial charge in [0.25, 0.3) is 5.79 Å². The summed E-state index contributed by atoms with van der Waals surface area (Å²) in [4.78, 5) is 63.4. The second-order valence-corrected chi connectivity index (χ2v) is 21.1. The predicted molar refractivity (Wildman–Crippen MR) is 263 cm³/mol. The van der Waals surface area contributed by atoms with Gasteiger partial charge in [-0.1, -0.05) is 0 Å². The van der Waals surface area contributed by atoms with E-state index in [1.54, 1.807) is 0 Å². The fourth-order valence-electron chi connectivity index (χ4n) is 10.8. The highest BCUT2D eigenvalue weighted by Crippen LogP contribution is 2.41. The Hall–Kier alpha value is -3.77. The largest absolute Gasteiger partial charge is 0.477 e. The number of aliphatic hydroxyl groups excluding tert-OH is 17. The van der Waals surface area contributed by atoms with Gasteiger partial charge in [0.2, 0.25) is 23.6 Å². The van der Waals surface area contributed by atoms with E-state index in [4.69, 9.17) is 52.1 Å². The standard InChI is InChI=1S/C47H78N4O34/c1-12(58)48-23-16(62)5-47(46(73)74,84-39(23)27(64)17(63)6-52)85-40-34(71)45(79-22(11-57)36(40)81-42-24(49-13(2)59)31(68)28(65)18(7-53)76-42)83-38-26(51-15(4)61)43(77-20(9-55)30(38)67)80-35-21(10-56)78-44(33(70)32(35)69)82-37-25(50-14(3)60)41(72)75-19(8-54)29(37)66/h16-45,52-57,62-72H,5-11H2,1-4H3,(H,48,58)(H,49,59)(H,50,60)(H,51,61)(H,73,74)/t16-,17+,18+,19+,20+,21+,22+,23+,24+,25+,26+,27+,28-,29-,30-,31+,32+,33+,34+,35-,36-,37+,38+,39+,40+,41-,42-,43+,44-,45-,47-/m0/s1. The molecule has 38 nitrogen and oxygen atoms in total. The van der Waals surface area contributed by atoms with Crippen LogP contribution in [0.3, 0.4) is 0 Å². The first kappa shape index (κ1) is 70.3. The van der Waals surface area contributed by atoms with Crippen molar-refractivity contribution in [3.63, 3.8) is 0 Å². The Bertz CT molecular complexity index is 2210. The molecule has 0 aromatic heterocycles. The predicted octanol–water partition coefficient (Wildman–Crippen LogP) is -14.3. The number of amides is 4. The maximum absolute atomic E-state index is 13.6. The van der Waals surface area contributed by atoms with Gasteiger partial charge < -0.3 is 165 Å². The lowest BCUT2D eigenvalue weighted by molar-refractivity contribution is -0.400. The first-order chi connectivity index (χ1) is 40.0. The van der Waals surface area contributed by atoms with Crippen molar-refractivity contribution in [3.05, 3.63) is 0 Å². The Balaban J connectivity index is 1.38. The van der Waals surface area contributed by atoms with E-state index >= 15 is 0 Å². The fraction of sp³-hybridized carbons (Fsp3) is 0.894. The summed E-state index contributed by atoms with van der Waals surface area (Å²) in [5.41, 5.74) is 0. The minimum absolute atomic E-state index is 0.765. The van der Waals surface area contributed by atoms with E-state index in [0.29, 0.717) is 0 Å². The van der Waals surface area contributed by atoms with Crippen LogP contribution in [0.15, 0.2) is 0 Å². The van der Waals surface area contributed by atoms with E-state index in [0.717, 1.165) is 27.7 Å². The molecule has 490 valence electrons. The monoisotopic (exact) mass is 1240 g/mol. The number of ether oxygens (including phenoxy) is 11. The number of rotatable bonds is 23. The van der Waals surface area contributed by atoms with Crippen LogP contribution in [-0.2, 0) is 76.1 Å². The maximum Gasteiger partial charge on any atom is 0.364 e. The molecule has 6 saturated heterocycles. The van der Waals surface area contributed by atoms with Crippen LogP contribution in [-0.4, -0.2) is 351 Å². The number of nitrogens with one attached hydrogen (secondary N) is 4. The number of carboxylic acid groups (broad SMARTS) is 1. The molecule has 85 heavy (non-hydrogen) atoms. The van der Waals surface area contributed by atoms with Crippen LogP contribution < -0.4 is 21.3 Å². The summed E-state index contributed by atoms with van der Waals surface area (Å²) in [5.74, 6) is -9.07. The van der Waals surface area contributed by atoms with Crippen LogP contribution in [0.1, 0.15) is 34.1 Å². The second-order valence-electron chi connectivity index (χ2n) is 21.1. The minimum atomic E-state index is -3.39. The second kappa shape index (κ2) is 30.2. The first-order valence-electron chi connectivity index (χ1n) is 26.7. The molecule has 0 aromatic rings. The topological polar surface area (TPSA) is 599 Å². The van der Waals surface area contributed by atoms with E-state index in [2.05, 4.69) is 21.3 Å². The molecule has 38 heteroatoms. The smallest absolute Gasteiger partial charge is 0.364 e. The SMILES string of the molecule is CC(=O)N[C@@H]1[C@@H](O[C@@H]2O[C@H](CO)[C@H](O[C@H]3O[C@H](CO)[C@H](O)[C@H](O[C@@H]4O[C@H](CO)[C@H](O[C@@H]5O[C@H](CO)[C@H](O)[C@H](O)[C@H]5NC(C)=O)[C@H](O[C@]5(C(=O)O)C[C@H](O)[C@@H](NC(C)=O)[C@H]([C@H](O)[C@H](O)CO)O5)[C@H]4O)[C@H]3NC(C)=O)[C@H](O)[C@H]2O)[C@@H](O)[C@@H](CO)O[C@@H]1O. The van der Waals surface area contributed by atoms with Crippen LogP contribution in [0.4, 0.5) is 0 Å². The van der Waals surface area contributed by atoms with Gasteiger partial charge in [-0.3, -0.25) is 19.2 Å². The molecule has 0 radical (unpaired) electrons. The number of carboxylic acids is 1. The first-order valence-corrected chi connectivity index (χ1v) is 26.7. The van der Waals surface area contributed by atoms with Crippen LogP contribution in [0.5, 0.6) is 0 Å². The fourth-order valence-corrected chi connectivity index (χ4v) is 10.8. The Morgan fingerprint density at radius 2 is 0.871 bits per heavy atom. The van der Waals surface area contributed by atoms with Gasteiger partial charge >= 0.3 is 5.97 Å². The molecule has 31 atom stereocenters. The number of carbonyl (C=O) groups excluding carboxylic acids is 4. The van der Waals surface area contributed by atoms with Crippen molar-refractivity contribution in [2.45, 2.75) is 224 Å². The average molecular weight is 1240 g/mol. The molecule has 22 N–H and O–H groups in total. The lowest BCUT2D eigenvalue weighted by atomic mass is 9.88. The third-order valence-corrected chi connectivity index (χ3v) is 15.0. The number of hydrogen-bond acceptors (Lipinski definition) is 33. The van der Waals surface area contributed by atoms with Crippen LogP contribution in [0.2, 0.25) is 0 Å². The summed E-state index contributed by atoms with van der Waals surface area (Å²) >= 11 is 0. The molecule has 0 unspecified atom stereocenters. The molecule has 0 bridgehead atoms. The summed E-state index contributed by atoms with van der Waals surface area (Å²) in [6, 6.07) is -7.13. The van der Waals surface area contributed by atoms with Crippen molar-refractivity contribution in [1.29, 1.82) is 0 Å². The lowest BCUT2D eigenvalue weighted by Gasteiger charge is -2.53. The number of carbonyl (C=O) groups is 5. The van der Waals surface area contributed by atoms with E-state index < -0.39 is 265 Å². The Labute approximate surface area is 481 Å². The Morgan fingerprint density at radius 1 is 0.459 bits per heavy atom. The molecule has 4 amide bonds. The molecule has 0 aliphatic carbocycles. The number of hydrogen-bond donors (Lipinski definition) is 22. The van der Waals surface area contributed by atoms with Crippen molar-refractivity contribution < 1.29 is 168 Å². The van der Waals surface area contributed by atoms with Gasteiger partial charge in [-0.15, -0.1) is 0 Å². The van der Waals surface area contributed by atoms with Gasteiger partial charge in [0.05, 0.1) is 51.8 Å². The lowest BCUT2D eigenvalue weighted by Crippen LogP contribution is -2.72. The van der Waals surface area contributed by atoms with E-state index in [-0.39, 0.29) is 0 Å². The van der Waals surface area contributed by atoms with Gasteiger partial charge in [-0.05, 0) is 0 Å². The Morgan fingerprint density at radius 3 is 1.38 bits per heavy atom. The molecule has 6 aliphatic rings. The number of aliphatic hydroxyl groups is 17. The highest BCUT2D eigenvalue weighted by atomic mass is 16.8. The van der Waals surface area contributed by atoms with Crippen molar-refractivity contribution in [2.75, 3.05) is 39.6 Å². The summed E-state index contributed by atoms with van der Waals surface area (Å²) < 4.78 is 64.4. The quantitative estimate of drug-likeness (QED) is 0.0452. The van der Waals surface area contributed by atoms with Crippen molar-refractivity contribution >= 4 is 29.6 Å². The van der Waals surface area contributed by atoms with E-state index in [1.165, 1.54) is 0 Å². The summed E-state index contributed by atoms with van der Waals surface area (Å²) in [7, 11) is 0. The van der Waals surface area contributed by atoms with Crippen molar-refractivity contribution in [3.8, 4) is 0 Å². The van der Waals surface area contributed by atoms with E-state index in [9.17, 15) is 116 Å².